The minimum atomic E-state index is 0.129. The Morgan fingerprint density at radius 3 is 2.00 bits per heavy atom. The first kappa shape index (κ1) is 14.9. The molecule has 2 aromatic rings. The lowest BCUT2D eigenvalue weighted by Gasteiger charge is -2.30. The lowest BCUT2D eigenvalue weighted by molar-refractivity contribution is 0.731. The van der Waals surface area contributed by atoms with E-state index in [1.165, 1.54) is 16.8 Å². The topological polar surface area (TPSA) is 15.2 Å². The third kappa shape index (κ3) is 2.12. The van der Waals surface area contributed by atoms with Gasteiger partial charge in [0.2, 0.25) is 0 Å². The highest BCUT2D eigenvalue weighted by atomic mass is 15.4. The van der Waals surface area contributed by atoms with E-state index in [1.807, 2.05) is 19.2 Å². The summed E-state index contributed by atoms with van der Waals surface area (Å²) in [5, 5.41) is 0. The molecule has 2 aromatic carbocycles. The number of fused-ring (bicyclic) bond motifs is 1. The molecule has 0 amide bonds. The van der Waals surface area contributed by atoms with Gasteiger partial charge in [0.05, 0.1) is 18.8 Å². The van der Waals surface area contributed by atoms with Crippen LogP contribution in [-0.4, -0.2) is 13.2 Å². The van der Waals surface area contributed by atoms with E-state index in [1.54, 1.807) is 0 Å². The lowest BCUT2D eigenvalue weighted by Crippen LogP contribution is -2.36. The van der Waals surface area contributed by atoms with Gasteiger partial charge in [-0.2, -0.15) is 0 Å². The summed E-state index contributed by atoms with van der Waals surface area (Å²) in [5.41, 5.74) is 6.42. The minimum absolute atomic E-state index is 0.129. The van der Waals surface area contributed by atoms with Gasteiger partial charge in [-0.3, -0.25) is 9.69 Å². The van der Waals surface area contributed by atoms with Crippen molar-refractivity contribution in [2.75, 3.05) is 16.8 Å². The van der Waals surface area contributed by atoms with Crippen LogP contribution in [0.3, 0.4) is 0 Å². The zero-order valence-corrected chi connectivity index (χ0v) is 13.8. The van der Waals surface area contributed by atoms with Crippen LogP contribution in [0.15, 0.2) is 30.3 Å². The second kappa shape index (κ2) is 5.34. The fourth-order valence-electron chi connectivity index (χ4n) is 3.28. The Morgan fingerprint density at radius 1 is 0.957 bits per heavy atom. The average molecular weight is 302 g/mol. The largest absolute Gasteiger partial charge is 0.354 e. The molecule has 3 rings (SSSR count). The normalized spacial score (nSPS) is 16.0. The van der Waals surface area contributed by atoms with Gasteiger partial charge in [-0.05, 0) is 44.0 Å². The van der Waals surface area contributed by atoms with E-state index < -0.39 is 0 Å². The monoisotopic (exact) mass is 302 g/mol. The third-order valence-electron chi connectivity index (χ3n) is 4.57. The number of benzene rings is 2. The maximum absolute atomic E-state index is 7.36. The highest BCUT2D eigenvalue weighted by molar-refractivity contribution is 5.92. The Labute approximate surface area is 137 Å². The summed E-state index contributed by atoms with van der Waals surface area (Å²) >= 11 is 0. The van der Waals surface area contributed by atoms with Gasteiger partial charge < -0.3 is 9.80 Å². The highest BCUT2D eigenvalue weighted by Gasteiger charge is 2.33. The summed E-state index contributed by atoms with van der Waals surface area (Å²) in [6, 6.07) is 9.96. The number of aryl methyl sites for hydroxylation is 2. The quantitative estimate of drug-likeness (QED) is 0.661. The molecule has 0 aliphatic carbocycles. The molecule has 0 aromatic heterocycles. The van der Waals surface area contributed by atoms with Crippen LogP contribution < -0.4 is 9.80 Å². The zero-order chi connectivity index (χ0) is 16.7. The maximum Gasteiger partial charge on any atom is 0.196 e. The van der Waals surface area contributed by atoms with Crippen molar-refractivity contribution in [1.29, 1.82) is 0 Å². The molecule has 0 bridgehead atoms. The van der Waals surface area contributed by atoms with Crippen LogP contribution >= 0.6 is 0 Å². The van der Waals surface area contributed by atoms with Crippen molar-refractivity contribution < 1.29 is 0 Å². The second-order valence-corrected chi connectivity index (χ2v) is 5.91. The summed E-state index contributed by atoms with van der Waals surface area (Å²) in [4.78, 5) is 11.5. The van der Waals surface area contributed by atoms with Crippen LogP contribution in [0.4, 0.5) is 28.4 Å². The van der Waals surface area contributed by atoms with E-state index in [2.05, 4.69) is 58.5 Å². The Kier molecular flexibility index (Phi) is 3.47. The number of nitrogens with zero attached hydrogens (tertiary/aromatic N) is 4. The molecule has 114 valence electrons. The Bertz CT molecular complexity index is 850. The van der Waals surface area contributed by atoms with Crippen molar-refractivity contribution >= 4 is 28.4 Å². The smallest absolute Gasteiger partial charge is 0.196 e. The molecule has 23 heavy (non-hydrogen) atoms. The Balaban J connectivity index is 2.28. The van der Waals surface area contributed by atoms with Crippen molar-refractivity contribution in [2.24, 2.45) is 0 Å². The third-order valence-corrected chi connectivity index (χ3v) is 4.57. The zero-order valence-electron chi connectivity index (χ0n) is 13.8. The summed E-state index contributed by atoms with van der Waals surface area (Å²) in [6.45, 7) is 21.0. The van der Waals surface area contributed by atoms with E-state index in [4.69, 9.17) is 13.1 Å². The first-order chi connectivity index (χ1) is 11.0. The first-order valence-electron chi connectivity index (χ1n) is 7.50. The molecule has 0 saturated heterocycles. The van der Waals surface area contributed by atoms with Gasteiger partial charge in [-0.25, -0.2) is 0 Å². The van der Waals surface area contributed by atoms with Gasteiger partial charge >= 0.3 is 0 Å². The summed E-state index contributed by atoms with van der Waals surface area (Å²) < 4.78 is 0. The molecule has 1 heterocycles. The van der Waals surface area contributed by atoms with Crippen LogP contribution in [0.5, 0.6) is 0 Å². The molecule has 0 fully saturated rings. The lowest BCUT2D eigenvalue weighted by atomic mass is 10.1. The van der Waals surface area contributed by atoms with Gasteiger partial charge in [0.15, 0.2) is 11.4 Å². The van der Waals surface area contributed by atoms with Crippen molar-refractivity contribution in [3.05, 3.63) is 64.3 Å². The van der Waals surface area contributed by atoms with Gasteiger partial charge in [0, 0.05) is 18.4 Å². The first-order valence-corrected chi connectivity index (χ1v) is 7.50. The molecule has 0 spiro atoms. The predicted octanol–water partition coefficient (Wildman–Crippen LogP) is 5.34. The molecule has 0 unspecified atom stereocenters. The summed E-state index contributed by atoms with van der Waals surface area (Å²) in [6.07, 6.45) is 0.129. The molecule has 4 nitrogen and oxygen atoms in total. The average Bonchev–Trinajstić information content (AvgIpc) is 2.78. The predicted molar refractivity (Wildman–Crippen MR) is 94.9 cm³/mol. The molecule has 1 aliphatic rings. The number of hydrogen-bond acceptors (Lipinski definition) is 2. The number of para-hydroxylation sites is 1. The fraction of sp³-hybridized carbons (Fsp3) is 0.263. The van der Waals surface area contributed by atoms with Crippen molar-refractivity contribution in [2.45, 2.75) is 26.9 Å². The fourth-order valence-corrected chi connectivity index (χ4v) is 3.28. The highest BCUT2D eigenvalue weighted by Crippen LogP contribution is 2.49. The Morgan fingerprint density at radius 2 is 1.48 bits per heavy atom. The minimum Gasteiger partial charge on any atom is -0.354 e. The molecule has 1 aliphatic heterocycles. The molecule has 0 radical (unpaired) electrons. The van der Waals surface area contributed by atoms with Gasteiger partial charge in [0.25, 0.3) is 0 Å². The second-order valence-electron chi connectivity index (χ2n) is 5.91. The van der Waals surface area contributed by atoms with Crippen LogP contribution in [-0.2, 0) is 0 Å². The maximum atomic E-state index is 7.36. The molecular weight excluding hydrogens is 284 g/mol. The van der Waals surface area contributed by atoms with Crippen LogP contribution in [0, 0.1) is 27.0 Å². The number of anilines is 3. The van der Waals surface area contributed by atoms with Crippen LogP contribution in [0.25, 0.3) is 9.69 Å². The molecule has 0 saturated carbocycles. The van der Waals surface area contributed by atoms with Crippen LogP contribution in [0.1, 0.15) is 18.1 Å². The SMILES string of the molecule is [C-]#[N+]c1cc2c(cc1[N+]#[C-])N(c1c(C)cccc1C)[C@@H](C)N2C. The summed E-state index contributed by atoms with van der Waals surface area (Å²) in [5.74, 6) is 0. The van der Waals surface area contributed by atoms with Gasteiger partial charge in [-0.15, -0.1) is 0 Å². The summed E-state index contributed by atoms with van der Waals surface area (Å²) in [7, 11) is 2.03. The van der Waals surface area contributed by atoms with E-state index >= 15 is 0 Å². The standard InChI is InChI=1S/C19H18N4/c1-12-8-7-9-13(2)19(12)23-14(3)22(6)17-10-15(20-4)16(21-5)11-18(17)23/h7-11,14H,1-3,6H3/t14-/m0/s1. The molecule has 0 N–H and O–H groups in total. The van der Waals surface area contributed by atoms with Crippen molar-refractivity contribution in [3.63, 3.8) is 0 Å². The van der Waals surface area contributed by atoms with Crippen molar-refractivity contribution in [1.82, 2.24) is 0 Å². The molecule has 1 atom stereocenters. The van der Waals surface area contributed by atoms with Gasteiger partial charge in [0.1, 0.15) is 6.17 Å². The van der Waals surface area contributed by atoms with Crippen molar-refractivity contribution in [3.8, 4) is 0 Å². The van der Waals surface area contributed by atoms with E-state index in [9.17, 15) is 0 Å². The molecular formula is C19H18N4. The number of rotatable bonds is 1. The van der Waals surface area contributed by atoms with E-state index in [0.29, 0.717) is 11.4 Å². The molecule has 4 heteroatoms. The Hall–Kier alpha value is -2.98. The number of hydrogen-bond donors (Lipinski definition) is 0. The van der Waals surface area contributed by atoms with E-state index in [-0.39, 0.29) is 6.17 Å². The van der Waals surface area contributed by atoms with E-state index in [0.717, 1.165) is 11.4 Å². The van der Waals surface area contributed by atoms with Crippen LogP contribution in [0.2, 0.25) is 0 Å². The van der Waals surface area contributed by atoms with Gasteiger partial charge in [-0.1, -0.05) is 18.2 Å².